The van der Waals surface area contributed by atoms with E-state index in [0.717, 1.165) is 11.3 Å². The van der Waals surface area contributed by atoms with Gasteiger partial charge in [0.1, 0.15) is 11.4 Å². The van der Waals surface area contributed by atoms with Gasteiger partial charge in [-0.1, -0.05) is 5.16 Å². The molecule has 0 fully saturated rings. The van der Waals surface area contributed by atoms with E-state index >= 15 is 0 Å². The van der Waals surface area contributed by atoms with Crippen LogP contribution in [0.25, 0.3) is 11.3 Å². The number of hydrogen-bond donors (Lipinski definition) is 1. The van der Waals surface area contributed by atoms with Gasteiger partial charge >= 0.3 is 0 Å². The fraction of sp³-hybridized carbons (Fsp3) is 0.250. The van der Waals surface area contributed by atoms with Crippen molar-refractivity contribution in [1.82, 2.24) is 5.16 Å². The van der Waals surface area contributed by atoms with Gasteiger partial charge in [-0.15, -0.1) is 0 Å². The maximum atomic E-state index is 5.51. The van der Waals surface area contributed by atoms with Gasteiger partial charge in [-0.3, -0.25) is 0 Å². The molecule has 0 saturated carbocycles. The van der Waals surface area contributed by atoms with Gasteiger partial charge in [0.25, 0.3) is 0 Å². The smallest absolute Gasteiger partial charge is 0.222 e. The molecule has 2 aromatic rings. The summed E-state index contributed by atoms with van der Waals surface area (Å²) >= 11 is 0. The summed E-state index contributed by atoms with van der Waals surface area (Å²) in [7, 11) is 1.64. The maximum absolute atomic E-state index is 5.51. The second kappa shape index (κ2) is 3.89. The molecule has 0 atom stereocenters. The molecular weight excluding hydrogens is 204 g/mol. The summed E-state index contributed by atoms with van der Waals surface area (Å²) in [6.07, 6.45) is 0. The number of aryl methyl sites for hydroxylation is 2. The van der Waals surface area contributed by atoms with Crippen LogP contribution in [-0.4, -0.2) is 12.3 Å². The second-order valence-corrected chi connectivity index (χ2v) is 3.75. The average Bonchev–Trinajstić information content (AvgIpc) is 2.68. The van der Waals surface area contributed by atoms with Crippen LogP contribution in [0, 0.1) is 13.8 Å². The van der Waals surface area contributed by atoms with E-state index in [9.17, 15) is 0 Å². The van der Waals surface area contributed by atoms with Crippen LogP contribution in [0.15, 0.2) is 22.7 Å². The lowest BCUT2D eigenvalue weighted by molar-refractivity contribution is 0.413. The number of benzene rings is 1. The molecule has 0 radical (unpaired) electrons. The molecule has 84 valence electrons. The highest BCUT2D eigenvalue weighted by molar-refractivity contribution is 5.70. The fourth-order valence-electron chi connectivity index (χ4n) is 1.58. The Labute approximate surface area is 94.0 Å². The molecule has 0 unspecified atom stereocenters. The monoisotopic (exact) mass is 218 g/mol. The van der Waals surface area contributed by atoms with Gasteiger partial charge in [0.05, 0.1) is 7.11 Å². The lowest BCUT2D eigenvalue weighted by Gasteiger charge is -2.09. The normalized spacial score (nSPS) is 10.4. The Morgan fingerprint density at radius 2 is 1.88 bits per heavy atom. The summed E-state index contributed by atoms with van der Waals surface area (Å²) in [5, 5.41) is 3.89. The van der Waals surface area contributed by atoms with Gasteiger partial charge < -0.3 is 15.0 Å². The van der Waals surface area contributed by atoms with Crippen LogP contribution in [0.4, 0.5) is 5.88 Å². The quantitative estimate of drug-likeness (QED) is 0.841. The predicted octanol–water partition coefficient (Wildman–Crippen LogP) is 2.55. The van der Waals surface area contributed by atoms with Crippen molar-refractivity contribution in [3.63, 3.8) is 0 Å². The zero-order chi connectivity index (χ0) is 11.7. The Balaban J connectivity index is 2.59. The fourth-order valence-corrected chi connectivity index (χ4v) is 1.58. The van der Waals surface area contributed by atoms with E-state index in [1.165, 1.54) is 11.1 Å². The van der Waals surface area contributed by atoms with E-state index < -0.39 is 0 Å². The lowest BCUT2D eigenvalue weighted by atomic mass is 10.0. The number of methoxy groups -OCH3 is 1. The third-order valence-electron chi connectivity index (χ3n) is 2.62. The van der Waals surface area contributed by atoms with Crippen LogP contribution >= 0.6 is 0 Å². The molecule has 4 heteroatoms. The van der Waals surface area contributed by atoms with Crippen molar-refractivity contribution in [2.45, 2.75) is 13.8 Å². The first kappa shape index (κ1) is 10.5. The topological polar surface area (TPSA) is 61.3 Å². The molecule has 0 spiro atoms. The Hall–Kier alpha value is -1.97. The highest BCUT2D eigenvalue weighted by Crippen LogP contribution is 2.32. The third-order valence-corrected chi connectivity index (χ3v) is 2.62. The number of aromatic nitrogens is 1. The van der Waals surface area contributed by atoms with Crippen molar-refractivity contribution in [3.05, 3.63) is 29.3 Å². The zero-order valence-electron chi connectivity index (χ0n) is 9.57. The Kier molecular flexibility index (Phi) is 2.56. The molecule has 0 amide bonds. The number of nitrogen functional groups attached to an aromatic ring is 1. The molecule has 16 heavy (non-hydrogen) atoms. The molecule has 4 nitrogen and oxygen atoms in total. The van der Waals surface area contributed by atoms with Crippen LogP contribution in [0.2, 0.25) is 0 Å². The maximum Gasteiger partial charge on any atom is 0.222 e. The highest BCUT2D eigenvalue weighted by Gasteiger charge is 2.11. The van der Waals surface area contributed by atoms with Crippen molar-refractivity contribution >= 4 is 5.88 Å². The van der Waals surface area contributed by atoms with E-state index in [2.05, 4.69) is 5.16 Å². The predicted molar refractivity (Wildman–Crippen MR) is 62.4 cm³/mol. The molecular formula is C12H14N2O2. The lowest BCUT2D eigenvalue weighted by Crippen LogP contribution is -1.91. The standard InChI is InChI=1S/C12H14N2O2/c1-7-4-9(10-6-12(13)16-14-10)11(15-3)5-8(7)2/h4-6H,13H2,1-3H3. The minimum Gasteiger partial charge on any atom is -0.496 e. The van der Waals surface area contributed by atoms with E-state index in [1.807, 2.05) is 26.0 Å². The minimum absolute atomic E-state index is 0.301. The Morgan fingerprint density at radius 1 is 1.19 bits per heavy atom. The minimum atomic E-state index is 0.301. The number of anilines is 1. The van der Waals surface area contributed by atoms with Crippen LogP contribution in [0.5, 0.6) is 5.75 Å². The molecule has 2 rings (SSSR count). The zero-order valence-corrected chi connectivity index (χ0v) is 9.57. The first-order valence-corrected chi connectivity index (χ1v) is 4.99. The summed E-state index contributed by atoms with van der Waals surface area (Å²) in [4.78, 5) is 0. The van der Waals surface area contributed by atoms with Crippen LogP contribution in [0.3, 0.4) is 0 Å². The first-order valence-electron chi connectivity index (χ1n) is 4.99. The first-order chi connectivity index (χ1) is 7.61. The molecule has 0 saturated heterocycles. The van der Waals surface area contributed by atoms with Crippen molar-refractivity contribution in [2.24, 2.45) is 0 Å². The van der Waals surface area contributed by atoms with Gasteiger partial charge in [-0.25, -0.2) is 0 Å². The summed E-state index contributed by atoms with van der Waals surface area (Å²) in [6.45, 7) is 4.08. The van der Waals surface area contributed by atoms with Gasteiger partial charge in [0, 0.05) is 11.6 Å². The molecule has 1 heterocycles. The molecule has 2 N–H and O–H groups in total. The number of nitrogens with two attached hydrogens (primary N) is 1. The average molecular weight is 218 g/mol. The molecule has 1 aromatic carbocycles. The summed E-state index contributed by atoms with van der Waals surface area (Å²) in [5.41, 5.74) is 9.45. The number of rotatable bonds is 2. The second-order valence-electron chi connectivity index (χ2n) is 3.75. The van der Waals surface area contributed by atoms with E-state index in [-0.39, 0.29) is 0 Å². The van der Waals surface area contributed by atoms with Crippen molar-refractivity contribution in [1.29, 1.82) is 0 Å². The molecule has 0 aliphatic rings. The highest BCUT2D eigenvalue weighted by atomic mass is 16.5. The van der Waals surface area contributed by atoms with Crippen molar-refractivity contribution < 1.29 is 9.26 Å². The van der Waals surface area contributed by atoms with Crippen molar-refractivity contribution in [2.75, 3.05) is 12.8 Å². The molecule has 0 aliphatic heterocycles. The van der Waals surface area contributed by atoms with E-state index in [4.69, 9.17) is 15.0 Å². The number of hydrogen-bond acceptors (Lipinski definition) is 4. The Morgan fingerprint density at radius 3 is 2.44 bits per heavy atom. The van der Waals surface area contributed by atoms with E-state index in [1.54, 1.807) is 13.2 Å². The molecule has 0 aliphatic carbocycles. The molecule has 0 bridgehead atoms. The third kappa shape index (κ3) is 1.74. The van der Waals surface area contributed by atoms with Gasteiger partial charge in [0.2, 0.25) is 5.88 Å². The van der Waals surface area contributed by atoms with Crippen LogP contribution < -0.4 is 10.5 Å². The van der Waals surface area contributed by atoms with Crippen molar-refractivity contribution in [3.8, 4) is 17.0 Å². The van der Waals surface area contributed by atoms with Gasteiger partial charge in [-0.2, -0.15) is 0 Å². The Bertz CT molecular complexity index is 518. The SMILES string of the molecule is COc1cc(C)c(C)cc1-c1cc(N)on1. The van der Waals surface area contributed by atoms with Gasteiger partial charge in [-0.05, 0) is 37.1 Å². The summed E-state index contributed by atoms with van der Waals surface area (Å²) in [5.74, 6) is 1.08. The van der Waals surface area contributed by atoms with E-state index in [0.29, 0.717) is 11.6 Å². The van der Waals surface area contributed by atoms with Crippen LogP contribution in [-0.2, 0) is 0 Å². The van der Waals surface area contributed by atoms with Gasteiger partial charge in [0.15, 0.2) is 0 Å². The summed E-state index contributed by atoms with van der Waals surface area (Å²) in [6, 6.07) is 5.69. The largest absolute Gasteiger partial charge is 0.496 e. The van der Waals surface area contributed by atoms with Crippen LogP contribution in [0.1, 0.15) is 11.1 Å². The molecule has 1 aromatic heterocycles. The number of nitrogens with zero attached hydrogens (tertiary/aromatic N) is 1. The summed E-state index contributed by atoms with van der Waals surface area (Å²) < 4.78 is 10.2. The number of ether oxygens (including phenoxy) is 1.